The molecule has 2 N–H and O–H groups in total. The minimum absolute atomic E-state index is 0.0659. The largest absolute Gasteiger partial charge is 0.490 e. The van der Waals surface area contributed by atoms with Gasteiger partial charge in [0.1, 0.15) is 11.8 Å². The molecule has 2 rings (SSSR count). The molecule has 1 unspecified atom stereocenters. The Morgan fingerprint density at radius 3 is 2.33 bits per heavy atom. The van der Waals surface area contributed by atoms with E-state index in [1.54, 1.807) is 24.3 Å². The van der Waals surface area contributed by atoms with Crippen LogP contribution in [0.2, 0.25) is 5.02 Å². The average molecular weight is 495 g/mol. The van der Waals surface area contributed by atoms with Gasteiger partial charge < -0.3 is 10.1 Å². The van der Waals surface area contributed by atoms with E-state index < -0.39 is 11.9 Å². The Morgan fingerprint density at radius 1 is 1.10 bits per heavy atom. The molecule has 0 aliphatic rings. The normalized spacial score (nSPS) is 12.3. The zero-order chi connectivity index (χ0) is 22.3. The van der Waals surface area contributed by atoms with E-state index in [0.29, 0.717) is 10.6 Å². The number of hydrogen-bond acceptors (Lipinski definition) is 4. The van der Waals surface area contributed by atoms with Crippen molar-refractivity contribution in [2.24, 2.45) is 11.0 Å². The lowest BCUT2D eigenvalue weighted by molar-refractivity contribution is -0.123. The summed E-state index contributed by atoms with van der Waals surface area (Å²) in [4.78, 5) is 25.0. The fourth-order valence-corrected chi connectivity index (χ4v) is 3.16. The van der Waals surface area contributed by atoms with E-state index in [0.717, 1.165) is 15.8 Å². The highest BCUT2D eigenvalue weighted by Crippen LogP contribution is 2.26. The second kappa shape index (κ2) is 11.1. The number of hydrazone groups is 1. The van der Waals surface area contributed by atoms with Gasteiger partial charge in [-0.1, -0.05) is 25.4 Å². The summed E-state index contributed by atoms with van der Waals surface area (Å²) in [6, 6.07) is 11.2. The molecule has 0 aromatic heterocycles. The lowest BCUT2D eigenvalue weighted by Crippen LogP contribution is -2.48. The molecule has 0 fully saturated rings. The van der Waals surface area contributed by atoms with Crippen molar-refractivity contribution in [3.63, 3.8) is 0 Å². The molecular weight excluding hydrogens is 470 g/mol. The predicted molar refractivity (Wildman–Crippen MR) is 123 cm³/mol. The molecule has 8 heteroatoms. The SMILES string of the molecule is CC(C)Oc1ccc(/C=N/NC(=O)C(NC(=O)c2ccc(Cl)cc2)C(C)C)cc1Br. The molecule has 0 aliphatic carbocycles. The first-order valence-electron chi connectivity index (χ1n) is 9.53. The van der Waals surface area contributed by atoms with Gasteiger partial charge in [-0.15, -0.1) is 0 Å². The highest BCUT2D eigenvalue weighted by Gasteiger charge is 2.24. The van der Waals surface area contributed by atoms with E-state index in [9.17, 15) is 9.59 Å². The second-order valence-corrected chi connectivity index (χ2v) is 8.58. The summed E-state index contributed by atoms with van der Waals surface area (Å²) in [5.41, 5.74) is 3.70. The summed E-state index contributed by atoms with van der Waals surface area (Å²) < 4.78 is 6.47. The van der Waals surface area contributed by atoms with Crippen LogP contribution in [0.3, 0.4) is 0 Å². The van der Waals surface area contributed by atoms with Crippen LogP contribution in [0, 0.1) is 5.92 Å². The number of rotatable bonds is 8. The van der Waals surface area contributed by atoms with Gasteiger partial charge in [-0.05, 0) is 83.7 Å². The molecule has 0 saturated carbocycles. The number of benzene rings is 2. The predicted octanol–water partition coefficient (Wildman–Crippen LogP) is 4.79. The maximum atomic E-state index is 12.5. The Labute approximate surface area is 190 Å². The summed E-state index contributed by atoms with van der Waals surface area (Å²) in [6.07, 6.45) is 1.59. The maximum Gasteiger partial charge on any atom is 0.262 e. The van der Waals surface area contributed by atoms with Crippen molar-refractivity contribution in [3.05, 3.63) is 63.1 Å². The van der Waals surface area contributed by atoms with E-state index in [4.69, 9.17) is 16.3 Å². The zero-order valence-electron chi connectivity index (χ0n) is 17.3. The van der Waals surface area contributed by atoms with Crippen LogP contribution < -0.4 is 15.5 Å². The lowest BCUT2D eigenvalue weighted by atomic mass is 10.0. The van der Waals surface area contributed by atoms with E-state index in [2.05, 4.69) is 31.8 Å². The molecule has 6 nitrogen and oxygen atoms in total. The van der Waals surface area contributed by atoms with Crippen molar-refractivity contribution in [2.75, 3.05) is 0 Å². The number of carbonyl (C=O) groups is 2. The topological polar surface area (TPSA) is 79.8 Å². The molecule has 160 valence electrons. The van der Waals surface area contributed by atoms with Crippen LogP contribution in [0.5, 0.6) is 5.75 Å². The average Bonchev–Trinajstić information content (AvgIpc) is 2.67. The number of carbonyl (C=O) groups excluding carboxylic acids is 2. The summed E-state index contributed by atoms with van der Waals surface area (Å²) >= 11 is 9.31. The van der Waals surface area contributed by atoms with E-state index >= 15 is 0 Å². The lowest BCUT2D eigenvalue weighted by Gasteiger charge is -2.20. The van der Waals surface area contributed by atoms with E-state index in [1.807, 2.05) is 45.9 Å². The first kappa shape index (κ1) is 23.9. The van der Waals surface area contributed by atoms with Gasteiger partial charge in [0.25, 0.3) is 11.8 Å². The van der Waals surface area contributed by atoms with Crippen LogP contribution in [0.25, 0.3) is 0 Å². The van der Waals surface area contributed by atoms with Crippen LogP contribution in [0.4, 0.5) is 0 Å². The van der Waals surface area contributed by atoms with Gasteiger partial charge in [0.15, 0.2) is 0 Å². The smallest absolute Gasteiger partial charge is 0.262 e. The molecule has 2 amide bonds. The van der Waals surface area contributed by atoms with Crippen molar-refractivity contribution in [2.45, 2.75) is 39.8 Å². The Bertz CT molecular complexity index is 914. The number of nitrogens with zero attached hydrogens (tertiary/aromatic N) is 1. The van der Waals surface area contributed by atoms with Crippen molar-refractivity contribution in [3.8, 4) is 5.75 Å². The summed E-state index contributed by atoms with van der Waals surface area (Å²) in [5, 5.41) is 7.29. The highest BCUT2D eigenvalue weighted by molar-refractivity contribution is 9.10. The van der Waals surface area contributed by atoms with Crippen LogP contribution in [-0.2, 0) is 4.79 Å². The van der Waals surface area contributed by atoms with E-state index in [1.165, 1.54) is 6.21 Å². The molecule has 2 aromatic rings. The van der Waals surface area contributed by atoms with Gasteiger partial charge >= 0.3 is 0 Å². The molecule has 0 bridgehead atoms. The van der Waals surface area contributed by atoms with Crippen molar-refractivity contribution in [1.82, 2.24) is 10.7 Å². The third-order valence-electron chi connectivity index (χ3n) is 4.05. The van der Waals surface area contributed by atoms with Gasteiger partial charge in [-0.25, -0.2) is 5.43 Å². The number of ether oxygens (including phenoxy) is 1. The molecule has 2 aromatic carbocycles. The molecule has 1 atom stereocenters. The standard InChI is InChI=1S/C22H25BrClN3O3/c1-13(2)20(26-21(28)16-6-8-17(24)9-7-16)22(29)27-25-12-15-5-10-19(18(23)11-15)30-14(3)4/h5-14,20H,1-4H3,(H,26,28)(H,27,29)/b25-12+. The molecule has 0 spiro atoms. The molecule has 30 heavy (non-hydrogen) atoms. The molecule has 0 heterocycles. The Balaban J connectivity index is 2.00. The number of nitrogens with one attached hydrogen (secondary N) is 2. The van der Waals surface area contributed by atoms with Crippen LogP contribution in [0.1, 0.15) is 43.6 Å². The third kappa shape index (κ3) is 7.15. The van der Waals surface area contributed by atoms with Gasteiger partial charge in [0.2, 0.25) is 0 Å². The first-order valence-corrected chi connectivity index (χ1v) is 10.7. The quantitative estimate of drug-likeness (QED) is 0.409. The van der Waals surface area contributed by atoms with Crippen molar-refractivity contribution < 1.29 is 14.3 Å². The number of halogens is 2. The van der Waals surface area contributed by atoms with Crippen molar-refractivity contribution in [1.29, 1.82) is 0 Å². The van der Waals surface area contributed by atoms with Gasteiger partial charge in [0, 0.05) is 10.6 Å². The molecule has 0 aliphatic heterocycles. The fourth-order valence-electron chi connectivity index (χ4n) is 2.55. The monoisotopic (exact) mass is 493 g/mol. The molecule has 0 saturated heterocycles. The Kier molecular flexibility index (Phi) is 8.87. The summed E-state index contributed by atoms with van der Waals surface area (Å²) in [5.74, 6) is -0.148. The van der Waals surface area contributed by atoms with E-state index in [-0.39, 0.29) is 17.9 Å². The summed E-state index contributed by atoms with van der Waals surface area (Å²) in [6.45, 7) is 7.60. The fraction of sp³-hybridized carbons (Fsp3) is 0.318. The second-order valence-electron chi connectivity index (χ2n) is 7.29. The zero-order valence-corrected chi connectivity index (χ0v) is 19.6. The van der Waals surface area contributed by atoms with Gasteiger partial charge in [-0.2, -0.15) is 5.10 Å². The van der Waals surface area contributed by atoms with Crippen LogP contribution in [-0.4, -0.2) is 30.2 Å². The molecule has 0 radical (unpaired) electrons. The molecular formula is C22H25BrClN3O3. The summed E-state index contributed by atoms with van der Waals surface area (Å²) in [7, 11) is 0. The Hall–Kier alpha value is -2.38. The number of hydrogen-bond donors (Lipinski definition) is 2. The highest BCUT2D eigenvalue weighted by atomic mass is 79.9. The van der Waals surface area contributed by atoms with Crippen molar-refractivity contribution >= 4 is 45.6 Å². The van der Waals surface area contributed by atoms with Crippen LogP contribution in [0.15, 0.2) is 52.0 Å². The minimum Gasteiger partial charge on any atom is -0.490 e. The Morgan fingerprint density at radius 2 is 1.77 bits per heavy atom. The third-order valence-corrected chi connectivity index (χ3v) is 4.92. The maximum absolute atomic E-state index is 12.5. The van der Waals surface area contributed by atoms with Crippen LogP contribution >= 0.6 is 27.5 Å². The minimum atomic E-state index is -0.737. The first-order chi connectivity index (χ1) is 14.2. The number of amides is 2. The van der Waals surface area contributed by atoms with Gasteiger partial charge in [0.05, 0.1) is 16.8 Å². The van der Waals surface area contributed by atoms with Gasteiger partial charge in [-0.3, -0.25) is 9.59 Å².